The number of anilines is 1. The lowest BCUT2D eigenvalue weighted by Crippen LogP contribution is -2.49. The van der Waals surface area contributed by atoms with Crippen LogP contribution in [0.1, 0.15) is 13.8 Å². The van der Waals surface area contributed by atoms with Crippen molar-refractivity contribution < 1.29 is 4.79 Å². The van der Waals surface area contributed by atoms with Crippen LogP contribution in [-0.4, -0.2) is 48.9 Å². The lowest BCUT2D eigenvalue weighted by molar-refractivity contribution is -0.134. The fourth-order valence-electron chi connectivity index (χ4n) is 2.58. The van der Waals surface area contributed by atoms with Gasteiger partial charge in [0, 0.05) is 37.8 Å². The maximum atomic E-state index is 12.0. The number of nitrogens with two attached hydrogens (primary N) is 3. The second kappa shape index (κ2) is 7.67. The number of nitrogens with zero attached hydrogens (tertiary/aromatic N) is 4. The van der Waals surface area contributed by atoms with Gasteiger partial charge in [-0.25, -0.2) is 4.99 Å². The fourth-order valence-corrected chi connectivity index (χ4v) is 2.58. The zero-order chi connectivity index (χ0) is 17.7. The van der Waals surface area contributed by atoms with Crippen LogP contribution in [0.25, 0.3) is 0 Å². The average molecular weight is 331 g/mol. The van der Waals surface area contributed by atoms with Crippen molar-refractivity contribution in [2.24, 2.45) is 33.1 Å². The third-order valence-electron chi connectivity index (χ3n) is 3.79. The molecule has 24 heavy (non-hydrogen) atoms. The molecule has 2 rings (SSSR count). The third-order valence-corrected chi connectivity index (χ3v) is 3.79. The van der Waals surface area contributed by atoms with Crippen molar-refractivity contribution in [3.05, 3.63) is 24.3 Å². The topological polar surface area (TPSA) is 126 Å². The number of amides is 1. The maximum absolute atomic E-state index is 12.0. The molecule has 1 aliphatic heterocycles. The number of carbonyl (C=O) groups excluding carboxylic acids is 1. The summed E-state index contributed by atoms with van der Waals surface area (Å²) in [5.41, 5.74) is 17.9. The molecule has 0 saturated carbocycles. The second-order valence-electron chi connectivity index (χ2n) is 5.99. The van der Waals surface area contributed by atoms with E-state index in [2.05, 4.69) is 14.9 Å². The Morgan fingerprint density at radius 1 is 1.04 bits per heavy atom. The molecule has 0 unspecified atom stereocenters. The van der Waals surface area contributed by atoms with Crippen LogP contribution in [0.4, 0.5) is 11.4 Å². The molecule has 130 valence electrons. The summed E-state index contributed by atoms with van der Waals surface area (Å²) in [6.07, 6.45) is 0. The van der Waals surface area contributed by atoms with E-state index >= 15 is 0 Å². The Bertz CT molecular complexity index is 624. The highest BCUT2D eigenvalue weighted by Crippen LogP contribution is 2.21. The quantitative estimate of drug-likeness (QED) is 0.539. The van der Waals surface area contributed by atoms with Crippen molar-refractivity contribution in [3.8, 4) is 0 Å². The highest BCUT2D eigenvalue weighted by atomic mass is 16.2. The number of guanidine groups is 2. The van der Waals surface area contributed by atoms with Gasteiger partial charge in [0.1, 0.15) is 0 Å². The lowest BCUT2D eigenvalue weighted by atomic mass is 10.1. The van der Waals surface area contributed by atoms with Crippen LogP contribution in [0.5, 0.6) is 0 Å². The summed E-state index contributed by atoms with van der Waals surface area (Å²) < 4.78 is 0. The van der Waals surface area contributed by atoms with E-state index < -0.39 is 0 Å². The predicted molar refractivity (Wildman–Crippen MR) is 97.2 cm³/mol. The first-order valence-corrected chi connectivity index (χ1v) is 7.94. The summed E-state index contributed by atoms with van der Waals surface area (Å²) in [6, 6.07) is 7.66. The normalized spacial score (nSPS) is 15.5. The van der Waals surface area contributed by atoms with Gasteiger partial charge >= 0.3 is 0 Å². The largest absolute Gasteiger partial charge is 0.370 e. The monoisotopic (exact) mass is 331 g/mol. The Balaban J connectivity index is 1.98. The predicted octanol–water partition coefficient (Wildman–Crippen LogP) is 0.211. The zero-order valence-electron chi connectivity index (χ0n) is 14.1. The number of carbonyl (C=O) groups is 1. The van der Waals surface area contributed by atoms with Crippen LogP contribution < -0.4 is 22.1 Å². The van der Waals surface area contributed by atoms with Gasteiger partial charge in [0.05, 0.1) is 5.69 Å². The Morgan fingerprint density at radius 2 is 1.62 bits per heavy atom. The molecule has 0 aromatic heterocycles. The molecule has 0 atom stereocenters. The smallest absolute Gasteiger partial charge is 0.225 e. The van der Waals surface area contributed by atoms with E-state index in [1.165, 1.54) is 0 Å². The van der Waals surface area contributed by atoms with Crippen LogP contribution in [0.2, 0.25) is 0 Å². The summed E-state index contributed by atoms with van der Waals surface area (Å²) in [5.74, 6) is 0.157. The first-order valence-electron chi connectivity index (χ1n) is 7.94. The van der Waals surface area contributed by atoms with Gasteiger partial charge in [-0.1, -0.05) is 13.8 Å². The van der Waals surface area contributed by atoms with Crippen molar-refractivity contribution in [3.63, 3.8) is 0 Å². The van der Waals surface area contributed by atoms with Gasteiger partial charge in [-0.3, -0.25) is 4.79 Å². The van der Waals surface area contributed by atoms with E-state index in [1.807, 2.05) is 43.0 Å². The third kappa shape index (κ3) is 4.61. The van der Waals surface area contributed by atoms with Crippen molar-refractivity contribution in [2.45, 2.75) is 13.8 Å². The first kappa shape index (κ1) is 17.6. The molecule has 0 radical (unpaired) electrons. The minimum Gasteiger partial charge on any atom is -0.370 e. The molecule has 1 aromatic rings. The fraction of sp³-hybridized carbons (Fsp3) is 0.438. The molecule has 1 aromatic carbocycles. The molecule has 1 amide bonds. The highest BCUT2D eigenvalue weighted by Gasteiger charge is 2.22. The van der Waals surface area contributed by atoms with E-state index in [0.717, 1.165) is 31.9 Å². The van der Waals surface area contributed by atoms with E-state index in [4.69, 9.17) is 17.2 Å². The van der Waals surface area contributed by atoms with Crippen molar-refractivity contribution >= 4 is 29.2 Å². The molecule has 1 fully saturated rings. The molecule has 1 saturated heterocycles. The molecular formula is C16H25N7O. The van der Waals surface area contributed by atoms with E-state index in [1.54, 1.807) is 0 Å². The van der Waals surface area contributed by atoms with Gasteiger partial charge in [0.2, 0.25) is 11.9 Å². The van der Waals surface area contributed by atoms with Gasteiger partial charge in [-0.2, -0.15) is 4.99 Å². The summed E-state index contributed by atoms with van der Waals surface area (Å²) in [4.78, 5) is 24.0. The van der Waals surface area contributed by atoms with Crippen molar-refractivity contribution in [2.75, 3.05) is 31.1 Å². The van der Waals surface area contributed by atoms with E-state index in [-0.39, 0.29) is 23.7 Å². The Labute approximate surface area is 142 Å². The molecule has 1 heterocycles. The Hall–Kier alpha value is -2.77. The highest BCUT2D eigenvalue weighted by molar-refractivity contribution is 5.93. The maximum Gasteiger partial charge on any atom is 0.225 e. The summed E-state index contributed by atoms with van der Waals surface area (Å²) in [6.45, 7) is 6.99. The van der Waals surface area contributed by atoms with Crippen LogP contribution in [0, 0.1) is 5.92 Å². The molecule has 8 nitrogen and oxygen atoms in total. The summed E-state index contributed by atoms with van der Waals surface area (Å²) in [5, 5.41) is 0. The SMILES string of the molecule is CC(C)C(=O)N1CCN(c2ccc(N=C(N)N=C(N)N)cc2)CC1. The van der Waals surface area contributed by atoms with E-state index in [9.17, 15) is 4.79 Å². The number of benzene rings is 1. The van der Waals surface area contributed by atoms with Gasteiger partial charge in [0.25, 0.3) is 0 Å². The Kier molecular flexibility index (Phi) is 5.62. The number of piperazine rings is 1. The minimum atomic E-state index is -0.123. The van der Waals surface area contributed by atoms with Crippen molar-refractivity contribution in [1.29, 1.82) is 0 Å². The van der Waals surface area contributed by atoms with Gasteiger partial charge < -0.3 is 27.0 Å². The first-order chi connectivity index (χ1) is 11.4. The molecule has 8 heteroatoms. The van der Waals surface area contributed by atoms with Crippen molar-refractivity contribution in [1.82, 2.24) is 4.90 Å². The molecule has 1 aliphatic rings. The molecule has 0 bridgehead atoms. The molecule has 6 N–H and O–H groups in total. The number of rotatable bonds is 3. The zero-order valence-corrected chi connectivity index (χ0v) is 14.1. The summed E-state index contributed by atoms with van der Waals surface area (Å²) >= 11 is 0. The van der Waals surface area contributed by atoms with E-state index in [0.29, 0.717) is 5.69 Å². The number of hydrogen-bond acceptors (Lipinski definition) is 3. The number of hydrogen-bond donors (Lipinski definition) is 3. The lowest BCUT2D eigenvalue weighted by Gasteiger charge is -2.36. The molecule has 0 spiro atoms. The number of aliphatic imine (C=N–C) groups is 2. The summed E-state index contributed by atoms with van der Waals surface area (Å²) in [7, 11) is 0. The average Bonchev–Trinajstić information content (AvgIpc) is 2.54. The van der Waals surface area contributed by atoms with Crippen LogP contribution in [0.3, 0.4) is 0 Å². The van der Waals surface area contributed by atoms with Crippen LogP contribution in [-0.2, 0) is 4.79 Å². The second-order valence-corrected chi connectivity index (χ2v) is 5.99. The van der Waals surface area contributed by atoms with Gasteiger partial charge in [0.15, 0.2) is 5.96 Å². The molecular weight excluding hydrogens is 306 g/mol. The molecule has 0 aliphatic carbocycles. The Morgan fingerprint density at radius 3 is 2.12 bits per heavy atom. The van der Waals surface area contributed by atoms with Gasteiger partial charge in [-0.05, 0) is 24.3 Å². The minimum absolute atomic E-state index is 0.0172. The standard InChI is InChI=1S/C16H25N7O/c1-11(2)14(24)23-9-7-22(8-10-23)13-5-3-12(4-6-13)20-16(19)21-15(17)18/h3-6,11H,7-10H2,1-2H3,(H6,17,18,19,20,21). The van der Waals surface area contributed by atoms with Crippen LogP contribution >= 0.6 is 0 Å². The van der Waals surface area contributed by atoms with Gasteiger partial charge in [-0.15, -0.1) is 0 Å². The van der Waals surface area contributed by atoms with Crippen LogP contribution in [0.15, 0.2) is 34.3 Å².